The molecule has 2 aromatic carbocycles. The van der Waals surface area contributed by atoms with E-state index in [0.717, 1.165) is 24.5 Å². The summed E-state index contributed by atoms with van der Waals surface area (Å²) in [5.74, 6) is 1.32. The molecule has 7 heteroatoms. The maximum Gasteiger partial charge on any atom is 0.243 e. The number of hydrogen-bond donors (Lipinski definition) is 2. The van der Waals surface area contributed by atoms with Crippen LogP contribution in [0.4, 0.5) is 17.1 Å². The Kier molecular flexibility index (Phi) is 7.65. The molecule has 1 heterocycles. The van der Waals surface area contributed by atoms with Crippen molar-refractivity contribution >= 4 is 23.0 Å². The van der Waals surface area contributed by atoms with Crippen LogP contribution < -0.4 is 29.7 Å². The van der Waals surface area contributed by atoms with E-state index in [-0.39, 0.29) is 12.5 Å². The highest BCUT2D eigenvalue weighted by atomic mass is 16.5. The van der Waals surface area contributed by atoms with Gasteiger partial charge in [-0.05, 0) is 25.0 Å². The molecule has 0 bridgehead atoms. The summed E-state index contributed by atoms with van der Waals surface area (Å²) in [5, 5.41) is 6.18. The maximum absolute atomic E-state index is 12.6. The van der Waals surface area contributed by atoms with E-state index < -0.39 is 0 Å². The van der Waals surface area contributed by atoms with E-state index in [9.17, 15) is 4.79 Å². The summed E-state index contributed by atoms with van der Waals surface area (Å²) in [6.45, 7) is 2.26. The molecule has 0 atom stereocenters. The number of rotatable bonds is 8. The lowest BCUT2D eigenvalue weighted by atomic mass is 10.2. The minimum Gasteiger partial charge on any atom is -0.493 e. The highest BCUT2D eigenvalue weighted by Gasteiger charge is 2.16. The van der Waals surface area contributed by atoms with Crippen LogP contribution in [0.15, 0.2) is 36.4 Å². The molecule has 1 amide bonds. The number of nitrogens with zero attached hydrogens (tertiary/aromatic N) is 1. The summed E-state index contributed by atoms with van der Waals surface area (Å²) in [7, 11) is 4.64. The first kappa shape index (κ1) is 21.6. The second-order valence-electron chi connectivity index (χ2n) is 7.23. The first-order chi connectivity index (χ1) is 14.7. The minimum absolute atomic E-state index is 0.154. The van der Waals surface area contributed by atoms with Gasteiger partial charge >= 0.3 is 0 Å². The SMILES string of the molecule is COc1cc(NC(=O)CNc2ccccc2N2CCCCCC2)cc(OC)c1OC. The van der Waals surface area contributed by atoms with Gasteiger partial charge in [-0.1, -0.05) is 25.0 Å². The summed E-state index contributed by atoms with van der Waals surface area (Å²) in [6.07, 6.45) is 4.97. The second-order valence-corrected chi connectivity index (χ2v) is 7.23. The molecule has 1 aliphatic heterocycles. The Balaban J connectivity index is 1.67. The van der Waals surface area contributed by atoms with Crippen molar-refractivity contribution in [3.8, 4) is 17.2 Å². The largest absolute Gasteiger partial charge is 0.493 e. The molecule has 3 rings (SSSR count). The lowest BCUT2D eigenvalue weighted by Gasteiger charge is -2.25. The van der Waals surface area contributed by atoms with Crippen LogP contribution in [-0.2, 0) is 4.79 Å². The van der Waals surface area contributed by atoms with Gasteiger partial charge in [-0.15, -0.1) is 0 Å². The first-order valence-electron chi connectivity index (χ1n) is 10.3. The van der Waals surface area contributed by atoms with Crippen molar-refractivity contribution in [1.29, 1.82) is 0 Å². The average Bonchev–Trinajstić information content (AvgIpc) is 3.06. The van der Waals surface area contributed by atoms with E-state index in [1.165, 1.54) is 25.7 Å². The molecule has 7 nitrogen and oxygen atoms in total. The highest BCUT2D eigenvalue weighted by Crippen LogP contribution is 2.39. The molecule has 162 valence electrons. The predicted molar refractivity (Wildman–Crippen MR) is 120 cm³/mol. The van der Waals surface area contributed by atoms with Gasteiger partial charge in [0.05, 0.1) is 39.2 Å². The van der Waals surface area contributed by atoms with Crippen LogP contribution in [0.25, 0.3) is 0 Å². The molecule has 1 aliphatic rings. The van der Waals surface area contributed by atoms with Gasteiger partial charge in [-0.25, -0.2) is 0 Å². The van der Waals surface area contributed by atoms with Crippen molar-refractivity contribution in [2.24, 2.45) is 0 Å². The number of benzene rings is 2. The second kappa shape index (κ2) is 10.6. The number of carbonyl (C=O) groups is 1. The van der Waals surface area contributed by atoms with Gasteiger partial charge in [-0.2, -0.15) is 0 Å². The Hall–Kier alpha value is -3.09. The summed E-state index contributed by atoms with van der Waals surface area (Å²) in [5.41, 5.74) is 2.71. The van der Waals surface area contributed by atoms with E-state index in [1.807, 2.05) is 18.2 Å². The van der Waals surface area contributed by atoms with Crippen LogP contribution in [0.3, 0.4) is 0 Å². The van der Waals surface area contributed by atoms with E-state index in [4.69, 9.17) is 14.2 Å². The topological polar surface area (TPSA) is 72.1 Å². The van der Waals surface area contributed by atoms with Gasteiger partial charge < -0.3 is 29.7 Å². The fourth-order valence-corrected chi connectivity index (χ4v) is 3.74. The molecule has 0 aliphatic carbocycles. The third-order valence-electron chi connectivity index (χ3n) is 5.24. The number of amides is 1. The summed E-state index contributed by atoms with van der Waals surface area (Å²) in [4.78, 5) is 15.0. The molecule has 0 spiro atoms. The first-order valence-corrected chi connectivity index (χ1v) is 10.3. The van der Waals surface area contributed by atoms with Crippen molar-refractivity contribution < 1.29 is 19.0 Å². The summed E-state index contributed by atoms with van der Waals surface area (Å²) < 4.78 is 16.0. The molecule has 0 saturated carbocycles. The molecule has 2 aromatic rings. The van der Waals surface area contributed by atoms with Crippen molar-refractivity contribution in [3.05, 3.63) is 36.4 Å². The van der Waals surface area contributed by atoms with Crippen molar-refractivity contribution in [2.45, 2.75) is 25.7 Å². The van der Waals surface area contributed by atoms with E-state index in [0.29, 0.717) is 22.9 Å². The Labute approximate surface area is 178 Å². The number of methoxy groups -OCH3 is 3. The van der Waals surface area contributed by atoms with Crippen molar-refractivity contribution in [3.63, 3.8) is 0 Å². The van der Waals surface area contributed by atoms with Crippen molar-refractivity contribution in [1.82, 2.24) is 0 Å². The highest BCUT2D eigenvalue weighted by molar-refractivity contribution is 5.95. The fraction of sp³-hybridized carbons (Fsp3) is 0.435. The number of ether oxygens (including phenoxy) is 3. The molecule has 1 saturated heterocycles. The Morgan fingerprint density at radius 2 is 1.57 bits per heavy atom. The van der Waals surface area contributed by atoms with E-state index >= 15 is 0 Å². The van der Waals surface area contributed by atoms with Gasteiger partial charge in [0.15, 0.2) is 11.5 Å². The molecule has 0 unspecified atom stereocenters. The zero-order valence-electron chi connectivity index (χ0n) is 18.0. The number of para-hydroxylation sites is 2. The van der Waals surface area contributed by atoms with Gasteiger partial charge in [0.2, 0.25) is 11.7 Å². The van der Waals surface area contributed by atoms with Gasteiger partial charge in [-0.3, -0.25) is 4.79 Å². The van der Waals surface area contributed by atoms with Crippen LogP contribution >= 0.6 is 0 Å². The zero-order valence-corrected chi connectivity index (χ0v) is 18.0. The smallest absolute Gasteiger partial charge is 0.243 e. The summed E-state index contributed by atoms with van der Waals surface area (Å²) in [6, 6.07) is 11.6. The predicted octanol–water partition coefficient (Wildman–Crippen LogP) is 4.14. The lowest BCUT2D eigenvalue weighted by Crippen LogP contribution is -2.26. The number of carbonyl (C=O) groups excluding carboxylic acids is 1. The molecular formula is C23H31N3O4. The Bertz CT molecular complexity index is 823. The molecule has 1 fully saturated rings. The lowest BCUT2D eigenvalue weighted by molar-refractivity contribution is -0.114. The van der Waals surface area contributed by atoms with Crippen LogP contribution in [0, 0.1) is 0 Å². The van der Waals surface area contributed by atoms with Crippen LogP contribution in [0.5, 0.6) is 17.2 Å². The molecule has 2 N–H and O–H groups in total. The van der Waals surface area contributed by atoms with Gasteiger partial charge in [0.25, 0.3) is 0 Å². The van der Waals surface area contributed by atoms with Gasteiger partial charge in [0, 0.05) is 30.9 Å². The van der Waals surface area contributed by atoms with Gasteiger partial charge in [0.1, 0.15) is 0 Å². The van der Waals surface area contributed by atoms with Crippen molar-refractivity contribution in [2.75, 3.05) is 56.5 Å². The monoisotopic (exact) mass is 413 g/mol. The zero-order chi connectivity index (χ0) is 21.3. The molecule has 0 aromatic heterocycles. The minimum atomic E-state index is -0.157. The molecular weight excluding hydrogens is 382 g/mol. The van der Waals surface area contributed by atoms with E-state index in [1.54, 1.807) is 33.5 Å². The van der Waals surface area contributed by atoms with E-state index in [2.05, 4.69) is 21.6 Å². The van der Waals surface area contributed by atoms with Crippen LogP contribution in [-0.4, -0.2) is 46.9 Å². The Morgan fingerprint density at radius 1 is 0.933 bits per heavy atom. The quantitative estimate of drug-likeness (QED) is 0.678. The number of anilines is 3. The third-order valence-corrected chi connectivity index (χ3v) is 5.24. The third kappa shape index (κ3) is 5.28. The Morgan fingerprint density at radius 3 is 2.17 bits per heavy atom. The molecule has 0 radical (unpaired) electrons. The van der Waals surface area contributed by atoms with Crippen LogP contribution in [0.2, 0.25) is 0 Å². The fourth-order valence-electron chi connectivity index (χ4n) is 3.74. The van der Waals surface area contributed by atoms with Crippen LogP contribution in [0.1, 0.15) is 25.7 Å². The number of nitrogens with one attached hydrogen (secondary N) is 2. The number of hydrogen-bond acceptors (Lipinski definition) is 6. The standard InChI is InChI=1S/C23H31N3O4/c1-28-20-14-17(15-21(29-2)23(20)30-3)25-22(27)16-24-18-10-6-7-11-19(18)26-12-8-4-5-9-13-26/h6-7,10-11,14-15,24H,4-5,8-9,12-13,16H2,1-3H3,(H,25,27). The molecule has 30 heavy (non-hydrogen) atoms. The average molecular weight is 414 g/mol. The summed E-state index contributed by atoms with van der Waals surface area (Å²) >= 11 is 0. The maximum atomic E-state index is 12.6. The normalized spacial score (nSPS) is 13.9.